The van der Waals surface area contributed by atoms with Gasteiger partial charge in [-0.1, -0.05) is 6.92 Å². The highest BCUT2D eigenvalue weighted by atomic mass is 16.5. The fraction of sp³-hybridized carbons (Fsp3) is 0.400. The number of benzene rings is 1. The molecule has 1 aromatic carbocycles. The zero-order chi connectivity index (χ0) is 16.1. The third-order valence-corrected chi connectivity index (χ3v) is 3.44. The van der Waals surface area contributed by atoms with E-state index in [0.717, 1.165) is 0 Å². The van der Waals surface area contributed by atoms with E-state index in [2.05, 4.69) is 5.32 Å². The summed E-state index contributed by atoms with van der Waals surface area (Å²) in [5, 5.41) is 11.3. The second-order valence-corrected chi connectivity index (χ2v) is 4.92. The maximum atomic E-state index is 12.5. The van der Waals surface area contributed by atoms with Crippen molar-refractivity contribution in [3.63, 3.8) is 0 Å². The molecule has 0 saturated carbocycles. The topological polar surface area (TPSA) is 95.9 Å². The van der Waals surface area contributed by atoms with Crippen LogP contribution in [0.5, 0.6) is 5.75 Å². The van der Waals surface area contributed by atoms with Crippen LogP contribution in [0.4, 0.5) is 0 Å². The predicted octanol–water partition coefficient (Wildman–Crippen LogP) is 0.501. The molecule has 7 nitrogen and oxygen atoms in total. The van der Waals surface area contributed by atoms with Gasteiger partial charge < -0.3 is 20.1 Å². The molecule has 7 heteroatoms. The molecule has 2 rings (SSSR count). The van der Waals surface area contributed by atoms with Gasteiger partial charge in [-0.15, -0.1) is 0 Å². The molecule has 0 radical (unpaired) electrons. The number of carboxylic acid groups (broad SMARTS) is 1. The first kappa shape index (κ1) is 15.8. The van der Waals surface area contributed by atoms with Gasteiger partial charge >= 0.3 is 5.97 Å². The third-order valence-electron chi connectivity index (χ3n) is 3.44. The zero-order valence-electron chi connectivity index (χ0n) is 12.2. The van der Waals surface area contributed by atoms with Crippen LogP contribution in [-0.2, 0) is 9.59 Å². The number of piperazine rings is 1. The molecule has 1 aliphatic heterocycles. The Kier molecular flexibility index (Phi) is 4.98. The molecule has 1 aromatic rings. The first-order valence-electron chi connectivity index (χ1n) is 7.06. The fourth-order valence-electron chi connectivity index (χ4n) is 2.37. The summed E-state index contributed by atoms with van der Waals surface area (Å²) in [6, 6.07) is 5.77. The van der Waals surface area contributed by atoms with Gasteiger partial charge in [0.05, 0.1) is 0 Å². The Hall–Kier alpha value is -2.57. The van der Waals surface area contributed by atoms with Gasteiger partial charge in [0.25, 0.3) is 5.91 Å². The second-order valence-electron chi connectivity index (χ2n) is 4.92. The molecule has 0 spiro atoms. The largest absolute Gasteiger partial charge is 0.482 e. The molecule has 1 unspecified atom stereocenters. The number of carbonyl (C=O) groups excluding carboxylic acids is 2. The van der Waals surface area contributed by atoms with Crippen molar-refractivity contribution in [2.75, 3.05) is 19.7 Å². The summed E-state index contributed by atoms with van der Waals surface area (Å²) in [6.45, 7) is 2.34. The van der Waals surface area contributed by atoms with Gasteiger partial charge in [0.2, 0.25) is 5.91 Å². The highest BCUT2D eigenvalue weighted by Gasteiger charge is 2.31. The smallest absolute Gasteiger partial charge is 0.341 e. The minimum absolute atomic E-state index is 0.136. The standard InChI is InChI=1S/C15H18N2O5/c1-2-12-14(20)16-7-8-17(12)15(21)10-3-5-11(6-4-10)22-9-13(18)19/h3-6,12H,2,7-9H2,1H3,(H,16,20)(H,18,19). The summed E-state index contributed by atoms with van der Waals surface area (Å²) in [5.41, 5.74) is 0.441. The van der Waals surface area contributed by atoms with Gasteiger partial charge in [0, 0.05) is 18.7 Å². The van der Waals surface area contributed by atoms with Crippen LogP contribution in [0.2, 0.25) is 0 Å². The lowest BCUT2D eigenvalue weighted by molar-refractivity contribution is -0.139. The molecule has 1 heterocycles. The predicted molar refractivity (Wildman–Crippen MR) is 77.7 cm³/mol. The van der Waals surface area contributed by atoms with E-state index in [9.17, 15) is 14.4 Å². The maximum Gasteiger partial charge on any atom is 0.341 e. The van der Waals surface area contributed by atoms with Crippen LogP contribution >= 0.6 is 0 Å². The molecular weight excluding hydrogens is 288 g/mol. The lowest BCUT2D eigenvalue weighted by Gasteiger charge is -2.34. The molecular formula is C15H18N2O5. The first-order valence-corrected chi connectivity index (χ1v) is 7.06. The lowest BCUT2D eigenvalue weighted by Crippen LogP contribution is -2.56. The van der Waals surface area contributed by atoms with Gasteiger partial charge in [0.1, 0.15) is 11.8 Å². The molecule has 0 bridgehead atoms. The lowest BCUT2D eigenvalue weighted by atomic mass is 10.1. The minimum atomic E-state index is -1.06. The monoisotopic (exact) mass is 306 g/mol. The molecule has 0 aliphatic carbocycles. The molecule has 1 atom stereocenters. The van der Waals surface area contributed by atoms with Gasteiger partial charge in [-0.25, -0.2) is 4.79 Å². The average molecular weight is 306 g/mol. The number of nitrogens with zero attached hydrogens (tertiary/aromatic N) is 1. The Labute approximate surface area is 127 Å². The van der Waals surface area contributed by atoms with Crippen LogP contribution in [0.3, 0.4) is 0 Å². The van der Waals surface area contributed by atoms with Crippen LogP contribution in [-0.4, -0.2) is 53.5 Å². The quantitative estimate of drug-likeness (QED) is 0.826. The molecule has 1 aliphatic rings. The first-order chi connectivity index (χ1) is 10.5. The molecule has 118 valence electrons. The number of hydrogen-bond donors (Lipinski definition) is 2. The highest BCUT2D eigenvalue weighted by Crippen LogP contribution is 2.17. The van der Waals surface area contributed by atoms with Crippen LogP contribution in [0, 0.1) is 0 Å². The van der Waals surface area contributed by atoms with Crippen LogP contribution in [0.1, 0.15) is 23.7 Å². The van der Waals surface area contributed by atoms with Gasteiger partial charge in [-0.05, 0) is 30.7 Å². The summed E-state index contributed by atoms with van der Waals surface area (Å²) in [7, 11) is 0. The van der Waals surface area contributed by atoms with Crippen molar-refractivity contribution >= 4 is 17.8 Å². The molecule has 1 saturated heterocycles. The number of rotatable bonds is 5. The maximum absolute atomic E-state index is 12.5. The Morgan fingerprint density at radius 1 is 1.36 bits per heavy atom. The van der Waals surface area contributed by atoms with E-state index in [4.69, 9.17) is 9.84 Å². The van der Waals surface area contributed by atoms with E-state index in [0.29, 0.717) is 30.8 Å². The summed E-state index contributed by atoms with van der Waals surface area (Å²) in [6.07, 6.45) is 0.553. The Morgan fingerprint density at radius 3 is 2.64 bits per heavy atom. The van der Waals surface area contributed by atoms with Crippen molar-refractivity contribution in [1.29, 1.82) is 0 Å². The van der Waals surface area contributed by atoms with E-state index in [-0.39, 0.29) is 11.8 Å². The fourth-order valence-corrected chi connectivity index (χ4v) is 2.37. The van der Waals surface area contributed by atoms with Crippen molar-refractivity contribution in [3.05, 3.63) is 29.8 Å². The molecule has 0 aromatic heterocycles. The van der Waals surface area contributed by atoms with Gasteiger partial charge in [0.15, 0.2) is 6.61 Å². The van der Waals surface area contributed by atoms with Crippen molar-refractivity contribution in [2.24, 2.45) is 0 Å². The number of amides is 2. The summed E-state index contributed by atoms with van der Waals surface area (Å²) < 4.78 is 5.02. The average Bonchev–Trinajstić information content (AvgIpc) is 2.52. The van der Waals surface area contributed by atoms with Crippen molar-refractivity contribution in [3.8, 4) is 5.75 Å². The summed E-state index contributed by atoms with van der Waals surface area (Å²) in [5.74, 6) is -1.04. The van der Waals surface area contributed by atoms with E-state index < -0.39 is 18.6 Å². The van der Waals surface area contributed by atoms with Crippen molar-refractivity contribution in [2.45, 2.75) is 19.4 Å². The molecule has 1 fully saturated rings. The Balaban J connectivity index is 2.08. The second kappa shape index (κ2) is 6.93. The van der Waals surface area contributed by atoms with E-state index in [1.165, 1.54) is 0 Å². The SMILES string of the molecule is CCC1C(=O)NCCN1C(=O)c1ccc(OCC(=O)O)cc1. The number of ether oxygens (including phenoxy) is 1. The van der Waals surface area contributed by atoms with E-state index in [1.807, 2.05) is 6.92 Å². The van der Waals surface area contributed by atoms with Crippen LogP contribution in [0.15, 0.2) is 24.3 Å². The van der Waals surface area contributed by atoms with Crippen LogP contribution in [0.25, 0.3) is 0 Å². The van der Waals surface area contributed by atoms with Crippen molar-refractivity contribution in [1.82, 2.24) is 10.2 Å². The summed E-state index contributed by atoms with van der Waals surface area (Å²) in [4.78, 5) is 36.3. The molecule has 22 heavy (non-hydrogen) atoms. The number of carbonyl (C=O) groups is 3. The number of hydrogen-bond acceptors (Lipinski definition) is 4. The Bertz CT molecular complexity index is 570. The van der Waals surface area contributed by atoms with Gasteiger partial charge in [-0.3, -0.25) is 9.59 Å². The highest BCUT2D eigenvalue weighted by molar-refractivity contribution is 5.98. The van der Waals surface area contributed by atoms with Gasteiger partial charge in [-0.2, -0.15) is 0 Å². The number of aliphatic carboxylic acids is 1. The molecule has 2 N–H and O–H groups in total. The van der Waals surface area contributed by atoms with E-state index in [1.54, 1.807) is 29.2 Å². The molecule has 2 amide bonds. The third kappa shape index (κ3) is 3.55. The van der Waals surface area contributed by atoms with Crippen molar-refractivity contribution < 1.29 is 24.2 Å². The van der Waals surface area contributed by atoms with E-state index >= 15 is 0 Å². The zero-order valence-corrected chi connectivity index (χ0v) is 12.2. The van der Waals surface area contributed by atoms with Crippen LogP contribution < -0.4 is 10.1 Å². The minimum Gasteiger partial charge on any atom is -0.482 e. The normalized spacial score (nSPS) is 17.8. The number of carboxylic acids is 1. The summed E-state index contributed by atoms with van der Waals surface area (Å²) >= 11 is 0. The Morgan fingerprint density at radius 2 is 2.05 bits per heavy atom. The number of nitrogens with one attached hydrogen (secondary N) is 1.